The number of rotatable bonds is 12. The summed E-state index contributed by atoms with van der Waals surface area (Å²) in [7, 11) is -0.401. The number of carbonyl (C=O) groups excluding carboxylic acids is 2. The van der Waals surface area contributed by atoms with E-state index >= 15 is 0 Å². The van der Waals surface area contributed by atoms with E-state index in [4.69, 9.17) is 9.05 Å². The fourth-order valence-corrected chi connectivity index (χ4v) is 5.38. The lowest BCUT2D eigenvalue weighted by molar-refractivity contribution is -0.129. The molecule has 3 aromatic rings. The van der Waals surface area contributed by atoms with Gasteiger partial charge in [0.1, 0.15) is 23.4 Å². The highest BCUT2D eigenvalue weighted by Gasteiger charge is 2.27. The molecule has 2 N–H and O–H groups in total. The molecule has 2 aromatic heterocycles. The molecule has 0 saturated carbocycles. The molecule has 0 aliphatic carbocycles. The maximum Gasteiger partial charge on any atom is 0.332 e. The van der Waals surface area contributed by atoms with Crippen molar-refractivity contribution in [2.45, 2.75) is 26.8 Å². The molecule has 0 aliphatic heterocycles. The fourth-order valence-electron chi connectivity index (χ4n) is 3.87. The molecule has 0 spiro atoms. The molecule has 11 nitrogen and oxygen atoms in total. The second kappa shape index (κ2) is 13.0. The van der Waals surface area contributed by atoms with Crippen LogP contribution in [0.15, 0.2) is 41.3 Å². The lowest BCUT2D eigenvalue weighted by Crippen LogP contribution is -2.37. The minimum atomic E-state index is -3.45. The molecule has 0 radical (unpaired) electrons. The summed E-state index contributed by atoms with van der Waals surface area (Å²) in [6.07, 6.45) is 1.67. The highest BCUT2D eigenvalue weighted by atomic mass is 31.2. The summed E-state index contributed by atoms with van der Waals surface area (Å²) < 4.78 is 37.5. The van der Waals surface area contributed by atoms with Crippen LogP contribution in [0.3, 0.4) is 0 Å². The fraction of sp³-hybridized carbons (Fsp3) is 0.385. The number of pyridine rings is 2. The summed E-state index contributed by atoms with van der Waals surface area (Å²) in [6.45, 7) is 3.05. The largest absolute Gasteiger partial charge is 0.505 e. The van der Waals surface area contributed by atoms with Crippen LogP contribution in [0, 0.1) is 5.82 Å². The van der Waals surface area contributed by atoms with Gasteiger partial charge in [-0.05, 0) is 49.6 Å². The molecule has 3 rings (SSSR count). The van der Waals surface area contributed by atoms with Crippen molar-refractivity contribution in [3.63, 3.8) is 0 Å². The molecule has 13 heteroatoms. The molecule has 2 amide bonds. The molecule has 1 aromatic carbocycles. The van der Waals surface area contributed by atoms with Gasteiger partial charge in [-0.25, -0.2) is 4.39 Å². The van der Waals surface area contributed by atoms with Crippen LogP contribution in [-0.2, 0) is 31.4 Å². The third-order valence-electron chi connectivity index (χ3n) is 5.80. The van der Waals surface area contributed by atoms with E-state index in [0.717, 1.165) is 10.1 Å². The summed E-state index contributed by atoms with van der Waals surface area (Å²) in [6, 6.07) is 7.48. The predicted octanol–water partition coefficient (Wildman–Crippen LogP) is 2.92. The Kier molecular flexibility index (Phi) is 9.96. The molecule has 0 aliphatic rings. The van der Waals surface area contributed by atoms with Crippen LogP contribution in [0.1, 0.15) is 35.3 Å². The molecule has 0 atom stereocenters. The zero-order chi connectivity index (χ0) is 28.7. The molecule has 210 valence electrons. The Morgan fingerprint density at radius 3 is 2.36 bits per heavy atom. The van der Waals surface area contributed by atoms with Gasteiger partial charge in [0.25, 0.3) is 11.5 Å². The number of fused-ring (bicyclic) bond motifs is 1. The molecule has 0 bridgehead atoms. The third kappa shape index (κ3) is 7.29. The van der Waals surface area contributed by atoms with Crippen molar-refractivity contribution >= 4 is 30.4 Å². The highest BCUT2D eigenvalue weighted by molar-refractivity contribution is 7.53. The maximum absolute atomic E-state index is 13.5. The lowest BCUT2D eigenvalue weighted by Gasteiger charge is -2.18. The summed E-state index contributed by atoms with van der Waals surface area (Å²) in [5.74, 6) is -2.37. The molecule has 0 saturated heterocycles. The smallest absolute Gasteiger partial charge is 0.332 e. The number of aromatic nitrogens is 2. The number of amides is 2. The van der Waals surface area contributed by atoms with Crippen molar-refractivity contribution in [2.75, 3.05) is 40.0 Å². The molecule has 39 heavy (non-hydrogen) atoms. The second-order valence-corrected chi connectivity index (χ2v) is 11.0. The van der Waals surface area contributed by atoms with Crippen LogP contribution in [0.25, 0.3) is 11.0 Å². The van der Waals surface area contributed by atoms with Gasteiger partial charge in [0, 0.05) is 26.8 Å². The molecule has 0 fully saturated rings. The summed E-state index contributed by atoms with van der Waals surface area (Å²) in [4.78, 5) is 44.7. The number of benzene rings is 1. The summed E-state index contributed by atoms with van der Waals surface area (Å²) in [5.41, 5.74) is 0.0254. The average Bonchev–Trinajstić information content (AvgIpc) is 2.88. The Bertz CT molecular complexity index is 1450. The summed E-state index contributed by atoms with van der Waals surface area (Å²) in [5, 5.41) is 13.4. The quantitative estimate of drug-likeness (QED) is 0.321. The van der Waals surface area contributed by atoms with E-state index in [9.17, 15) is 28.4 Å². The van der Waals surface area contributed by atoms with E-state index in [1.54, 1.807) is 32.0 Å². The van der Waals surface area contributed by atoms with Gasteiger partial charge >= 0.3 is 7.60 Å². The van der Waals surface area contributed by atoms with Crippen LogP contribution < -0.4 is 10.9 Å². The number of likely N-dealkylation sites (N-methyl/N-ethyl adjacent to an activating group) is 1. The predicted molar refractivity (Wildman–Crippen MR) is 144 cm³/mol. The van der Waals surface area contributed by atoms with Crippen LogP contribution >= 0.6 is 7.60 Å². The van der Waals surface area contributed by atoms with Crippen molar-refractivity contribution < 1.29 is 32.7 Å². The van der Waals surface area contributed by atoms with Gasteiger partial charge in [-0.1, -0.05) is 12.1 Å². The van der Waals surface area contributed by atoms with E-state index < -0.39 is 42.8 Å². The lowest BCUT2D eigenvalue weighted by atomic mass is 10.1. The minimum absolute atomic E-state index is 0.0523. The standard InChI is InChI=1S/C26H32FN4O7P/c1-5-37-39(36,38-6-2)12-11-28-25(34)22-24(33)23-20(31(26(22)35)16-21(32)30(3)4)14-18(15-29-23)13-17-7-9-19(27)10-8-17/h7-10,14-15,33H,5-6,11-13,16H2,1-4H3,(H,28,34). The normalized spacial score (nSPS) is 11.5. The highest BCUT2D eigenvalue weighted by Crippen LogP contribution is 2.47. The maximum atomic E-state index is 13.5. The Hall–Kier alpha value is -3.60. The van der Waals surface area contributed by atoms with Crippen LogP contribution in [0.2, 0.25) is 0 Å². The Morgan fingerprint density at radius 2 is 1.77 bits per heavy atom. The van der Waals surface area contributed by atoms with Gasteiger partial charge in [0.05, 0.1) is 24.9 Å². The van der Waals surface area contributed by atoms with Crippen LogP contribution in [0.4, 0.5) is 4.39 Å². The van der Waals surface area contributed by atoms with Crippen LogP contribution in [0.5, 0.6) is 5.75 Å². The van der Waals surface area contributed by atoms with Gasteiger partial charge in [0.15, 0.2) is 5.75 Å². The number of hydrogen-bond donors (Lipinski definition) is 2. The SMILES string of the molecule is CCOP(=O)(CCNC(=O)c1c(O)c2ncc(Cc3ccc(F)cc3)cc2n(CC(=O)N(C)C)c1=O)OCC. The molecular formula is C26H32FN4O7P. The van der Waals surface area contributed by atoms with Gasteiger partial charge in [-0.3, -0.25) is 28.5 Å². The van der Waals surface area contributed by atoms with Gasteiger partial charge in [0.2, 0.25) is 5.91 Å². The number of aromatic hydroxyl groups is 1. The molecule has 2 heterocycles. The number of halogens is 1. The first-order valence-corrected chi connectivity index (χ1v) is 14.1. The van der Waals surface area contributed by atoms with E-state index in [-0.39, 0.29) is 42.8 Å². The van der Waals surface area contributed by atoms with E-state index in [0.29, 0.717) is 12.0 Å². The first kappa shape index (κ1) is 29.9. The van der Waals surface area contributed by atoms with Crippen LogP contribution in [-0.4, -0.2) is 71.4 Å². The monoisotopic (exact) mass is 562 g/mol. The number of nitrogens with one attached hydrogen (secondary N) is 1. The zero-order valence-electron chi connectivity index (χ0n) is 22.3. The Morgan fingerprint density at radius 1 is 1.13 bits per heavy atom. The number of carbonyl (C=O) groups is 2. The topological polar surface area (TPSA) is 140 Å². The Balaban J connectivity index is 2.01. The average molecular weight is 563 g/mol. The van der Waals surface area contributed by atoms with E-state index in [2.05, 4.69) is 10.3 Å². The van der Waals surface area contributed by atoms with E-state index in [1.165, 1.54) is 37.3 Å². The minimum Gasteiger partial charge on any atom is -0.505 e. The molecular weight excluding hydrogens is 530 g/mol. The zero-order valence-corrected chi connectivity index (χ0v) is 23.2. The van der Waals surface area contributed by atoms with Crippen molar-refractivity contribution in [2.24, 2.45) is 0 Å². The van der Waals surface area contributed by atoms with Crippen molar-refractivity contribution in [1.29, 1.82) is 0 Å². The summed E-state index contributed by atoms with van der Waals surface area (Å²) >= 11 is 0. The number of nitrogens with zero attached hydrogens (tertiary/aromatic N) is 3. The third-order valence-corrected chi connectivity index (χ3v) is 7.87. The number of hydrogen-bond acceptors (Lipinski definition) is 8. The van der Waals surface area contributed by atoms with Crippen molar-refractivity contribution in [3.05, 3.63) is 69.4 Å². The van der Waals surface area contributed by atoms with Gasteiger partial charge in [-0.15, -0.1) is 0 Å². The van der Waals surface area contributed by atoms with Crippen molar-refractivity contribution in [1.82, 2.24) is 19.8 Å². The van der Waals surface area contributed by atoms with Gasteiger partial charge < -0.3 is 24.4 Å². The first-order valence-electron chi connectivity index (χ1n) is 12.3. The Labute approximate surface area is 225 Å². The first-order chi connectivity index (χ1) is 18.5. The second-order valence-electron chi connectivity index (χ2n) is 8.84. The van der Waals surface area contributed by atoms with Gasteiger partial charge in [-0.2, -0.15) is 0 Å². The van der Waals surface area contributed by atoms with E-state index in [1.807, 2.05) is 0 Å². The van der Waals surface area contributed by atoms with Crippen molar-refractivity contribution in [3.8, 4) is 5.75 Å². The molecule has 0 unspecified atom stereocenters.